The Morgan fingerprint density at radius 2 is 2.22 bits per heavy atom. The summed E-state index contributed by atoms with van der Waals surface area (Å²) in [7, 11) is 3.75. The molecule has 1 saturated heterocycles. The van der Waals surface area contributed by atoms with E-state index >= 15 is 0 Å². The molecule has 0 spiro atoms. The van der Waals surface area contributed by atoms with Gasteiger partial charge in [-0.25, -0.2) is 0 Å². The third-order valence-electron chi connectivity index (χ3n) is 3.96. The molecule has 2 rings (SSSR count). The highest BCUT2D eigenvalue weighted by Crippen LogP contribution is 2.30. The van der Waals surface area contributed by atoms with Crippen LogP contribution in [0.4, 0.5) is 11.5 Å². The minimum absolute atomic E-state index is 0.276. The van der Waals surface area contributed by atoms with E-state index in [2.05, 4.69) is 23.8 Å². The maximum Gasteiger partial charge on any atom is 0.150 e. The summed E-state index contributed by atoms with van der Waals surface area (Å²) in [5.41, 5.74) is 8.01. The van der Waals surface area contributed by atoms with Gasteiger partial charge in [-0.1, -0.05) is 13.8 Å². The number of hydrogen-bond acceptors (Lipinski definition) is 4. The average Bonchev–Trinajstić information content (AvgIpc) is 2.65. The second-order valence-corrected chi connectivity index (χ2v) is 5.15. The highest BCUT2D eigenvalue weighted by molar-refractivity contribution is 5.66. The normalized spacial score (nSPS) is 24.6. The number of anilines is 2. The molecule has 5 heteroatoms. The largest absolute Gasteiger partial charge is 0.394 e. The second-order valence-electron chi connectivity index (χ2n) is 5.15. The monoisotopic (exact) mass is 252 g/mol. The molecule has 1 fully saturated rings. The summed E-state index contributed by atoms with van der Waals surface area (Å²) in [6.07, 6.45) is 2.28. The fraction of sp³-hybridized carbons (Fsp3) is 0.769. The summed E-state index contributed by atoms with van der Waals surface area (Å²) in [5, 5.41) is 4.48. The number of nitrogens with zero attached hydrogens (tertiary/aromatic N) is 3. The van der Waals surface area contributed by atoms with Gasteiger partial charge in [0.2, 0.25) is 0 Å². The lowest BCUT2D eigenvalue weighted by molar-refractivity contribution is 0.0495. The maximum atomic E-state index is 6.20. The number of methoxy groups -OCH3 is 1. The first-order chi connectivity index (χ1) is 8.58. The molecule has 0 aliphatic carbocycles. The fourth-order valence-electron chi connectivity index (χ4n) is 2.75. The van der Waals surface area contributed by atoms with Gasteiger partial charge in [0.05, 0.1) is 17.5 Å². The lowest BCUT2D eigenvalue weighted by atomic mass is 9.96. The number of nitrogen functional groups attached to an aromatic ring is 1. The van der Waals surface area contributed by atoms with Crippen LogP contribution in [-0.2, 0) is 18.2 Å². The minimum atomic E-state index is 0.276. The van der Waals surface area contributed by atoms with E-state index in [1.165, 1.54) is 0 Å². The van der Waals surface area contributed by atoms with Crippen molar-refractivity contribution < 1.29 is 4.74 Å². The number of ether oxygens (including phenoxy) is 1. The topological polar surface area (TPSA) is 56.3 Å². The summed E-state index contributed by atoms with van der Waals surface area (Å²) < 4.78 is 7.46. The molecular weight excluding hydrogens is 228 g/mol. The minimum Gasteiger partial charge on any atom is -0.394 e. The summed E-state index contributed by atoms with van der Waals surface area (Å²) in [6, 6.07) is 0. The van der Waals surface area contributed by atoms with Gasteiger partial charge in [-0.3, -0.25) is 4.68 Å². The van der Waals surface area contributed by atoms with Gasteiger partial charge in [0, 0.05) is 27.2 Å². The molecule has 1 aliphatic heterocycles. The second kappa shape index (κ2) is 5.18. The molecule has 2 atom stereocenters. The van der Waals surface area contributed by atoms with Crippen molar-refractivity contribution in [3.05, 3.63) is 5.69 Å². The van der Waals surface area contributed by atoms with Gasteiger partial charge in [-0.15, -0.1) is 0 Å². The Bertz CT molecular complexity index is 415. The number of nitrogens with two attached hydrogens (primary N) is 1. The van der Waals surface area contributed by atoms with E-state index in [-0.39, 0.29) is 6.10 Å². The molecule has 1 aromatic rings. The number of hydrogen-bond donors (Lipinski definition) is 1. The Balaban J connectivity index is 2.24. The first-order valence-corrected chi connectivity index (χ1v) is 6.67. The standard InChI is InChI=1S/C13H24N4O/c1-5-10-12(14)13(16(3)15-10)17-7-6-9(2)11(8-17)18-4/h9,11H,5-8,14H2,1-4H3. The third-order valence-corrected chi connectivity index (χ3v) is 3.96. The fourth-order valence-corrected chi connectivity index (χ4v) is 2.75. The quantitative estimate of drug-likeness (QED) is 0.884. The number of aryl methyl sites for hydroxylation is 2. The van der Waals surface area contributed by atoms with E-state index < -0.39 is 0 Å². The van der Waals surface area contributed by atoms with Crippen molar-refractivity contribution >= 4 is 11.5 Å². The van der Waals surface area contributed by atoms with Crippen molar-refractivity contribution in [1.29, 1.82) is 0 Å². The molecule has 2 heterocycles. The molecule has 1 aliphatic rings. The molecule has 0 bridgehead atoms. The summed E-state index contributed by atoms with van der Waals surface area (Å²) in [6.45, 7) is 6.24. The summed E-state index contributed by atoms with van der Waals surface area (Å²) >= 11 is 0. The van der Waals surface area contributed by atoms with Gasteiger partial charge < -0.3 is 15.4 Å². The number of rotatable bonds is 3. The highest BCUT2D eigenvalue weighted by atomic mass is 16.5. The molecule has 1 aromatic heterocycles. The van der Waals surface area contributed by atoms with E-state index in [1.54, 1.807) is 7.11 Å². The number of piperidine rings is 1. The van der Waals surface area contributed by atoms with E-state index in [0.717, 1.165) is 43.1 Å². The molecule has 102 valence electrons. The predicted molar refractivity (Wildman–Crippen MR) is 73.8 cm³/mol. The van der Waals surface area contributed by atoms with Gasteiger partial charge in [0.25, 0.3) is 0 Å². The van der Waals surface area contributed by atoms with Gasteiger partial charge >= 0.3 is 0 Å². The molecule has 0 aromatic carbocycles. The van der Waals surface area contributed by atoms with Crippen molar-refractivity contribution in [3.63, 3.8) is 0 Å². The van der Waals surface area contributed by atoms with E-state index in [1.807, 2.05) is 11.7 Å². The zero-order valence-electron chi connectivity index (χ0n) is 11.8. The summed E-state index contributed by atoms with van der Waals surface area (Å²) in [4.78, 5) is 2.30. The SMILES string of the molecule is CCc1nn(C)c(N2CCC(C)C(OC)C2)c1N. The van der Waals surface area contributed by atoms with Crippen LogP contribution in [0.3, 0.4) is 0 Å². The van der Waals surface area contributed by atoms with E-state index in [9.17, 15) is 0 Å². The maximum absolute atomic E-state index is 6.20. The lowest BCUT2D eigenvalue weighted by Crippen LogP contribution is -2.44. The zero-order valence-corrected chi connectivity index (χ0v) is 11.8. The molecule has 2 N–H and O–H groups in total. The van der Waals surface area contributed by atoms with Crippen LogP contribution in [0, 0.1) is 5.92 Å². The average molecular weight is 252 g/mol. The van der Waals surface area contributed by atoms with Crippen LogP contribution in [0.2, 0.25) is 0 Å². The first-order valence-electron chi connectivity index (χ1n) is 6.67. The van der Waals surface area contributed by atoms with Crippen molar-refractivity contribution in [2.45, 2.75) is 32.8 Å². The Hall–Kier alpha value is -1.23. The predicted octanol–water partition coefficient (Wildman–Crippen LogP) is 1.43. The molecular formula is C13H24N4O. The van der Waals surface area contributed by atoms with Crippen molar-refractivity contribution in [1.82, 2.24) is 9.78 Å². The Morgan fingerprint density at radius 1 is 1.50 bits per heavy atom. The molecule has 0 amide bonds. The lowest BCUT2D eigenvalue weighted by Gasteiger charge is -2.37. The van der Waals surface area contributed by atoms with Gasteiger partial charge in [-0.2, -0.15) is 5.10 Å². The van der Waals surface area contributed by atoms with Crippen molar-refractivity contribution in [2.24, 2.45) is 13.0 Å². The van der Waals surface area contributed by atoms with Crippen LogP contribution in [-0.4, -0.2) is 36.1 Å². The van der Waals surface area contributed by atoms with Crippen molar-refractivity contribution in [2.75, 3.05) is 30.8 Å². The smallest absolute Gasteiger partial charge is 0.150 e. The van der Waals surface area contributed by atoms with E-state index in [0.29, 0.717) is 5.92 Å². The van der Waals surface area contributed by atoms with Gasteiger partial charge in [0.15, 0.2) is 5.82 Å². The third kappa shape index (κ3) is 2.19. The van der Waals surface area contributed by atoms with Crippen LogP contribution < -0.4 is 10.6 Å². The molecule has 0 radical (unpaired) electrons. The van der Waals surface area contributed by atoms with Gasteiger partial charge in [0.1, 0.15) is 0 Å². The Morgan fingerprint density at radius 3 is 2.78 bits per heavy atom. The van der Waals surface area contributed by atoms with Gasteiger partial charge in [-0.05, 0) is 18.8 Å². The van der Waals surface area contributed by atoms with Crippen LogP contribution in [0.15, 0.2) is 0 Å². The van der Waals surface area contributed by atoms with Crippen molar-refractivity contribution in [3.8, 4) is 0 Å². The Labute approximate surface area is 109 Å². The van der Waals surface area contributed by atoms with Crippen LogP contribution in [0.25, 0.3) is 0 Å². The molecule has 0 saturated carbocycles. The van der Waals surface area contributed by atoms with Crippen LogP contribution in [0.5, 0.6) is 0 Å². The van der Waals surface area contributed by atoms with E-state index in [4.69, 9.17) is 10.5 Å². The Kier molecular flexibility index (Phi) is 3.80. The number of aromatic nitrogens is 2. The highest BCUT2D eigenvalue weighted by Gasteiger charge is 2.29. The summed E-state index contributed by atoms with van der Waals surface area (Å²) in [5.74, 6) is 1.65. The molecule has 2 unspecified atom stereocenters. The molecule has 5 nitrogen and oxygen atoms in total. The first kappa shape index (κ1) is 13.2. The molecule has 18 heavy (non-hydrogen) atoms. The van der Waals surface area contributed by atoms with Crippen LogP contribution >= 0.6 is 0 Å². The zero-order chi connectivity index (χ0) is 13.3. The van der Waals surface area contributed by atoms with Crippen LogP contribution in [0.1, 0.15) is 26.0 Å².